The number of anilines is 1. The maximum atomic E-state index is 13.1. The van der Waals surface area contributed by atoms with Gasteiger partial charge >= 0.3 is 0 Å². The number of nitrogens with zero attached hydrogens (tertiary/aromatic N) is 1. The fourth-order valence-electron chi connectivity index (χ4n) is 2.08. The van der Waals surface area contributed by atoms with E-state index in [-0.39, 0.29) is 11.5 Å². The van der Waals surface area contributed by atoms with Gasteiger partial charge in [-0.2, -0.15) is 0 Å². The molecule has 1 aromatic heterocycles. The van der Waals surface area contributed by atoms with Gasteiger partial charge in [0.05, 0.1) is 17.6 Å². The minimum absolute atomic E-state index is 0.270. The Morgan fingerprint density at radius 3 is 2.45 bits per heavy atom. The third-order valence-corrected chi connectivity index (χ3v) is 3.18. The minimum atomic E-state index is -0.440. The molecule has 0 saturated carbocycles. The molecule has 1 amide bonds. The van der Waals surface area contributed by atoms with E-state index in [1.165, 1.54) is 18.2 Å². The smallest absolute Gasteiger partial charge is 0.255 e. The highest BCUT2D eigenvalue weighted by Crippen LogP contribution is 2.18. The molecule has 3 rings (SSSR count). The van der Waals surface area contributed by atoms with Gasteiger partial charge in [0.15, 0.2) is 0 Å². The molecule has 3 nitrogen and oxygen atoms in total. The quantitative estimate of drug-likeness (QED) is 0.788. The summed E-state index contributed by atoms with van der Waals surface area (Å²) < 4.78 is 13.1. The van der Waals surface area contributed by atoms with Crippen LogP contribution in [0.4, 0.5) is 10.1 Å². The van der Waals surface area contributed by atoms with Crippen LogP contribution >= 0.6 is 0 Å². The van der Waals surface area contributed by atoms with Crippen LogP contribution in [0, 0.1) is 5.82 Å². The second kappa shape index (κ2) is 6.18. The third kappa shape index (κ3) is 3.17. The Kier molecular flexibility index (Phi) is 3.92. The van der Waals surface area contributed by atoms with Crippen LogP contribution in [0.25, 0.3) is 11.3 Å². The number of carbonyl (C=O) groups excluding carboxylic acids is 1. The molecule has 2 aromatic carbocycles. The molecular weight excluding hydrogens is 279 g/mol. The van der Waals surface area contributed by atoms with Gasteiger partial charge in [-0.3, -0.25) is 9.78 Å². The Morgan fingerprint density at radius 2 is 1.77 bits per heavy atom. The van der Waals surface area contributed by atoms with E-state index in [1.54, 1.807) is 18.3 Å². The van der Waals surface area contributed by atoms with Crippen molar-refractivity contribution in [3.63, 3.8) is 0 Å². The van der Waals surface area contributed by atoms with Crippen LogP contribution < -0.4 is 5.32 Å². The van der Waals surface area contributed by atoms with E-state index in [9.17, 15) is 9.18 Å². The van der Waals surface area contributed by atoms with Gasteiger partial charge in [-0.25, -0.2) is 4.39 Å². The van der Waals surface area contributed by atoms with Crippen molar-refractivity contribution in [3.05, 3.63) is 84.3 Å². The molecule has 0 bridgehead atoms. The van der Waals surface area contributed by atoms with Crippen LogP contribution in [-0.2, 0) is 0 Å². The van der Waals surface area contributed by atoms with Crippen molar-refractivity contribution in [2.75, 3.05) is 5.32 Å². The first-order chi connectivity index (χ1) is 10.7. The van der Waals surface area contributed by atoms with Crippen molar-refractivity contribution in [3.8, 4) is 11.3 Å². The molecule has 108 valence electrons. The fourth-order valence-corrected chi connectivity index (χ4v) is 2.08. The summed E-state index contributed by atoms with van der Waals surface area (Å²) in [6.07, 6.45) is 1.58. The first-order valence-electron chi connectivity index (χ1n) is 6.81. The number of carbonyl (C=O) groups is 1. The number of aromatic nitrogens is 1. The summed E-state index contributed by atoms with van der Waals surface area (Å²) in [5, 5.41) is 2.70. The maximum Gasteiger partial charge on any atom is 0.255 e. The predicted molar refractivity (Wildman–Crippen MR) is 84.0 cm³/mol. The molecule has 22 heavy (non-hydrogen) atoms. The number of amides is 1. The molecule has 0 saturated heterocycles. The fraction of sp³-hybridized carbons (Fsp3) is 0. The number of hydrogen-bond acceptors (Lipinski definition) is 2. The molecule has 0 aliphatic rings. The summed E-state index contributed by atoms with van der Waals surface area (Å²) in [5.74, 6) is -0.807. The van der Waals surface area contributed by atoms with Gasteiger partial charge < -0.3 is 5.32 Å². The number of rotatable bonds is 3. The Bertz CT molecular complexity index is 786. The number of nitrogens with one attached hydrogen (secondary N) is 1. The van der Waals surface area contributed by atoms with Crippen molar-refractivity contribution in [2.24, 2.45) is 0 Å². The zero-order valence-electron chi connectivity index (χ0n) is 11.7. The molecule has 0 unspecified atom stereocenters. The molecule has 1 N–H and O–H groups in total. The SMILES string of the molecule is O=C(Nc1ccc(-c2ccccc2)nc1)c1cccc(F)c1. The van der Waals surface area contributed by atoms with Crippen molar-refractivity contribution < 1.29 is 9.18 Å². The van der Waals surface area contributed by atoms with Gasteiger partial charge in [0.2, 0.25) is 0 Å². The zero-order chi connectivity index (χ0) is 15.4. The normalized spacial score (nSPS) is 10.2. The number of hydrogen-bond donors (Lipinski definition) is 1. The summed E-state index contributed by atoms with van der Waals surface area (Å²) in [7, 11) is 0. The van der Waals surface area contributed by atoms with Crippen molar-refractivity contribution in [1.29, 1.82) is 0 Å². The van der Waals surface area contributed by atoms with Gasteiger partial charge in [0.25, 0.3) is 5.91 Å². The highest BCUT2D eigenvalue weighted by molar-refractivity contribution is 6.04. The third-order valence-electron chi connectivity index (χ3n) is 3.18. The molecule has 0 fully saturated rings. The summed E-state index contributed by atoms with van der Waals surface area (Å²) >= 11 is 0. The lowest BCUT2D eigenvalue weighted by Gasteiger charge is -2.06. The molecule has 0 spiro atoms. The van der Waals surface area contributed by atoms with Gasteiger partial charge in [-0.1, -0.05) is 36.4 Å². The highest BCUT2D eigenvalue weighted by Gasteiger charge is 2.07. The summed E-state index contributed by atoms with van der Waals surface area (Å²) in [6.45, 7) is 0. The summed E-state index contributed by atoms with van der Waals surface area (Å²) in [6, 6.07) is 18.9. The predicted octanol–water partition coefficient (Wildman–Crippen LogP) is 4.14. The molecule has 0 atom stereocenters. The first kappa shape index (κ1) is 13.9. The second-order valence-corrected chi connectivity index (χ2v) is 4.76. The van der Waals surface area contributed by atoms with E-state index < -0.39 is 5.82 Å². The maximum absolute atomic E-state index is 13.1. The van der Waals surface area contributed by atoms with E-state index >= 15 is 0 Å². The van der Waals surface area contributed by atoms with Crippen molar-refractivity contribution >= 4 is 11.6 Å². The average Bonchev–Trinajstić information content (AvgIpc) is 2.56. The molecule has 3 aromatic rings. The van der Waals surface area contributed by atoms with Crippen LogP contribution in [0.15, 0.2) is 72.9 Å². The van der Waals surface area contributed by atoms with Crippen molar-refractivity contribution in [1.82, 2.24) is 4.98 Å². The van der Waals surface area contributed by atoms with Crippen LogP contribution in [0.2, 0.25) is 0 Å². The number of benzene rings is 2. The van der Waals surface area contributed by atoms with Crippen LogP contribution in [-0.4, -0.2) is 10.9 Å². The largest absolute Gasteiger partial charge is 0.321 e. The Hall–Kier alpha value is -3.01. The molecular formula is C18H13FN2O. The van der Waals surface area contributed by atoms with Gasteiger partial charge in [-0.05, 0) is 30.3 Å². The number of halogens is 1. The monoisotopic (exact) mass is 292 g/mol. The average molecular weight is 292 g/mol. The lowest BCUT2D eigenvalue weighted by atomic mass is 10.1. The second-order valence-electron chi connectivity index (χ2n) is 4.76. The van der Waals surface area contributed by atoms with E-state index in [2.05, 4.69) is 10.3 Å². The van der Waals surface area contributed by atoms with Crippen LogP contribution in [0.1, 0.15) is 10.4 Å². The first-order valence-corrected chi connectivity index (χ1v) is 6.81. The lowest BCUT2D eigenvalue weighted by molar-refractivity contribution is 0.102. The van der Waals surface area contributed by atoms with E-state index in [1.807, 2.05) is 36.4 Å². The van der Waals surface area contributed by atoms with Gasteiger partial charge in [-0.15, -0.1) is 0 Å². The molecule has 0 aliphatic heterocycles. The number of pyridine rings is 1. The van der Waals surface area contributed by atoms with E-state index in [4.69, 9.17) is 0 Å². The van der Waals surface area contributed by atoms with Crippen LogP contribution in [0.5, 0.6) is 0 Å². The standard InChI is InChI=1S/C18H13FN2O/c19-15-8-4-7-14(11-15)18(22)21-16-9-10-17(20-12-16)13-5-2-1-3-6-13/h1-12H,(H,21,22). The Balaban J connectivity index is 1.75. The highest BCUT2D eigenvalue weighted by atomic mass is 19.1. The van der Waals surface area contributed by atoms with Crippen molar-refractivity contribution in [2.45, 2.75) is 0 Å². The van der Waals surface area contributed by atoms with Crippen LogP contribution in [0.3, 0.4) is 0 Å². The molecule has 0 radical (unpaired) electrons. The zero-order valence-corrected chi connectivity index (χ0v) is 11.7. The van der Waals surface area contributed by atoms with E-state index in [0.29, 0.717) is 5.69 Å². The minimum Gasteiger partial charge on any atom is -0.321 e. The van der Waals surface area contributed by atoms with Gasteiger partial charge in [0.1, 0.15) is 5.82 Å². The lowest BCUT2D eigenvalue weighted by Crippen LogP contribution is -2.12. The van der Waals surface area contributed by atoms with Gasteiger partial charge in [0, 0.05) is 11.1 Å². The Morgan fingerprint density at radius 1 is 0.955 bits per heavy atom. The summed E-state index contributed by atoms with van der Waals surface area (Å²) in [5.41, 5.74) is 2.66. The molecule has 0 aliphatic carbocycles. The molecule has 4 heteroatoms. The van der Waals surface area contributed by atoms with E-state index in [0.717, 1.165) is 11.3 Å². The topological polar surface area (TPSA) is 42.0 Å². The summed E-state index contributed by atoms with van der Waals surface area (Å²) in [4.78, 5) is 16.3. The Labute approximate surface area is 127 Å². The molecule has 1 heterocycles.